The van der Waals surface area contributed by atoms with Crippen LogP contribution in [0.5, 0.6) is 0 Å². The Morgan fingerprint density at radius 3 is 3.18 bits per heavy atom. The summed E-state index contributed by atoms with van der Waals surface area (Å²) in [6.07, 6.45) is 1.01. The van der Waals surface area contributed by atoms with E-state index in [1.165, 1.54) is 0 Å². The molecule has 6 heteroatoms. The molecule has 0 fully saturated rings. The molecule has 0 aromatic carbocycles. The van der Waals surface area contributed by atoms with E-state index in [2.05, 4.69) is 17.1 Å². The summed E-state index contributed by atoms with van der Waals surface area (Å²) in [7, 11) is 0. The number of thiophene rings is 1. The molecule has 0 saturated carbocycles. The van der Waals surface area contributed by atoms with Gasteiger partial charge in [-0.05, 0) is 24.4 Å². The summed E-state index contributed by atoms with van der Waals surface area (Å²) < 4.78 is 5.21. The van der Waals surface area contributed by atoms with E-state index in [0.717, 1.165) is 24.3 Å². The molecule has 92 valence electrons. The predicted octanol–water partition coefficient (Wildman–Crippen LogP) is 2.77. The predicted molar refractivity (Wildman–Crippen MR) is 72.0 cm³/mol. The summed E-state index contributed by atoms with van der Waals surface area (Å²) in [5.41, 5.74) is 6.52. The molecule has 0 aliphatic heterocycles. The van der Waals surface area contributed by atoms with Crippen LogP contribution in [0.1, 0.15) is 19.2 Å². The van der Waals surface area contributed by atoms with Crippen molar-refractivity contribution in [3.05, 3.63) is 22.7 Å². The lowest BCUT2D eigenvalue weighted by Gasteiger charge is -2.06. The molecule has 0 saturated heterocycles. The van der Waals surface area contributed by atoms with E-state index in [1.54, 1.807) is 23.1 Å². The molecule has 1 atom stereocenters. The zero-order valence-electron chi connectivity index (χ0n) is 9.63. The Hall–Kier alpha value is -0.850. The zero-order valence-corrected chi connectivity index (χ0v) is 11.3. The van der Waals surface area contributed by atoms with Crippen LogP contribution in [0.3, 0.4) is 0 Å². The number of thioether (sulfide) groups is 1. The van der Waals surface area contributed by atoms with Crippen LogP contribution in [-0.4, -0.2) is 21.9 Å². The molecule has 2 rings (SSSR count). The highest BCUT2D eigenvalue weighted by Crippen LogP contribution is 2.22. The van der Waals surface area contributed by atoms with Crippen molar-refractivity contribution < 1.29 is 4.52 Å². The molecule has 0 bridgehead atoms. The second-order valence-corrected chi connectivity index (χ2v) is 5.93. The maximum atomic E-state index is 5.50. The lowest BCUT2D eigenvalue weighted by atomic mass is 10.3. The summed E-state index contributed by atoms with van der Waals surface area (Å²) >= 11 is 3.42. The normalized spacial score (nSPS) is 12.8. The quantitative estimate of drug-likeness (QED) is 0.873. The van der Waals surface area contributed by atoms with E-state index >= 15 is 0 Å². The molecule has 1 unspecified atom stereocenters. The van der Waals surface area contributed by atoms with E-state index < -0.39 is 0 Å². The minimum Gasteiger partial charge on any atom is -0.338 e. The lowest BCUT2D eigenvalue weighted by molar-refractivity contribution is 0.391. The average molecular weight is 269 g/mol. The summed E-state index contributed by atoms with van der Waals surface area (Å²) in [5, 5.41) is 8.51. The molecular formula is C11H15N3OS2. The van der Waals surface area contributed by atoms with E-state index in [-0.39, 0.29) is 0 Å². The Bertz CT molecular complexity index is 441. The average Bonchev–Trinajstić information content (AvgIpc) is 2.97. The Balaban J connectivity index is 1.91. The summed E-state index contributed by atoms with van der Waals surface area (Å²) in [5.74, 6) is 2.10. The number of nitrogens with two attached hydrogens (primary N) is 1. The highest BCUT2D eigenvalue weighted by atomic mass is 32.2. The van der Waals surface area contributed by atoms with Gasteiger partial charge in [0.2, 0.25) is 11.7 Å². The Kier molecular flexibility index (Phi) is 4.58. The maximum absolute atomic E-state index is 5.50. The molecule has 4 nitrogen and oxygen atoms in total. The summed E-state index contributed by atoms with van der Waals surface area (Å²) in [6, 6.07) is 1.99. The van der Waals surface area contributed by atoms with Gasteiger partial charge < -0.3 is 10.3 Å². The van der Waals surface area contributed by atoms with Gasteiger partial charge in [0.1, 0.15) is 0 Å². The third-order valence-corrected chi connectivity index (χ3v) is 4.21. The Morgan fingerprint density at radius 2 is 2.47 bits per heavy atom. The molecule has 2 heterocycles. The highest BCUT2D eigenvalue weighted by Gasteiger charge is 2.10. The number of nitrogens with zero attached hydrogens (tertiary/aromatic N) is 2. The molecule has 0 amide bonds. The maximum Gasteiger partial charge on any atom is 0.236 e. The first-order valence-corrected chi connectivity index (χ1v) is 7.45. The first kappa shape index (κ1) is 12.6. The molecule has 2 aromatic heterocycles. The standard InChI is InChI=1S/C11H15N3OS2/c1-8(2-4-12)17-7-10-13-11(14-15-10)9-3-5-16-6-9/h3,5-6,8H,2,4,7,12H2,1H3. The monoisotopic (exact) mass is 269 g/mol. The van der Waals surface area contributed by atoms with Gasteiger partial charge in [0.05, 0.1) is 5.75 Å². The molecule has 2 aromatic rings. The van der Waals surface area contributed by atoms with Crippen molar-refractivity contribution in [3.63, 3.8) is 0 Å². The van der Waals surface area contributed by atoms with E-state index in [9.17, 15) is 0 Å². The van der Waals surface area contributed by atoms with Crippen molar-refractivity contribution in [2.75, 3.05) is 6.54 Å². The van der Waals surface area contributed by atoms with Gasteiger partial charge in [-0.15, -0.1) is 11.8 Å². The van der Waals surface area contributed by atoms with Crippen LogP contribution in [0, 0.1) is 0 Å². The first-order valence-electron chi connectivity index (χ1n) is 5.46. The molecule has 0 aliphatic rings. The highest BCUT2D eigenvalue weighted by molar-refractivity contribution is 7.99. The van der Waals surface area contributed by atoms with Crippen molar-refractivity contribution in [2.24, 2.45) is 5.73 Å². The summed E-state index contributed by atoms with van der Waals surface area (Å²) in [4.78, 5) is 4.36. The number of hydrogen-bond acceptors (Lipinski definition) is 6. The lowest BCUT2D eigenvalue weighted by Crippen LogP contribution is -2.07. The molecule has 2 N–H and O–H groups in total. The van der Waals surface area contributed by atoms with Crippen molar-refractivity contribution in [1.29, 1.82) is 0 Å². The van der Waals surface area contributed by atoms with Gasteiger partial charge in [-0.1, -0.05) is 12.1 Å². The van der Waals surface area contributed by atoms with Crippen LogP contribution < -0.4 is 5.73 Å². The second kappa shape index (κ2) is 6.18. The number of hydrogen-bond donors (Lipinski definition) is 1. The second-order valence-electron chi connectivity index (χ2n) is 3.72. The van der Waals surface area contributed by atoms with E-state index in [4.69, 9.17) is 10.3 Å². The molecular weight excluding hydrogens is 254 g/mol. The molecule has 0 radical (unpaired) electrons. The topological polar surface area (TPSA) is 64.9 Å². The molecule has 17 heavy (non-hydrogen) atoms. The van der Waals surface area contributed by atoms with Crippen LogP contribution in [0.4, 0.5) is 0 Å². The number of rotatable bonds is 6. The SMILES string of the molecule is CC(CCN)SCc1nc(-c2ccsc2)no1. The van der Waals surface area contributed by atoms with Crippen molar-refractivity contribution in [2.45, 2.75) is 24.3 Å². The Labute approximate surface area is 109 Å². The first-order chi connectivity index (χ1) is 8.29. The Morgan fingerprint density at radius 1 is 1.59 bits per heavy atom. The minimum absolute atomic E-state index is 0.525. The molecule has 0 aliphatic carbocycles. The summed E-state index contributed by atoms with van der Waals surface area (Å²) in [6.45, 7) is 2.88. The third kappa shape index (κ3) is 3.55. The largest absolute Gasteiger partial charge is 0.338 e. The van der Waals surface area contributed by atoms with Gasteiger partial charge in [-0.25, -0.2) is 0 Å². The van der Waals surface area contributed by atoms with Crippen LogP contribution in [-0.2, 0) is 5.75 Å². The fraction of sp³-hybridized carbons (Fsp3) is 0.455. The number of aromatic nitrogens is 2. The van der Waals surface area contributed by atoms with Gasteiger partial charge in [0, 0.05) is 16.2 Å². The van der Waals surface area contributed by atoms with E-state index in [0.29, 0.717) is 17.0 Å². The minimum atomic E-state index is 0.525. The van der Waals surface area contributed by atoms with Crippen LogP contribution in [0.15, 0.2) is 21.3 Å². The fourth-order valence-corrected chi connectivity index (χ4v) is 2.84. The van der Waals surface area contributed by atoms with Crippen molar-refractivity contribution >= 4 is 23.1 Å². The van der Waals surface area contributed by atoms with Crippen LogP contribution in [0.2, 0.25) is 0 Å². The van der Waals surface area contributed by atoms with Gasteiger partial charge in [0.15, 0.2) is 0 Å². The zero-order chi connectivity index (χ0) is 12.1. The van der Waals surface area contributed by atoms with Crippen LogP contribution >= 0.6 is 23.1 Å². The van der Waals surface area contributed by atoms with Gasteiger partial charge >= 0.3 is 0 Å². The van der Waals surface area contributed by atoms with Gasteiger partial charge in [0.25, 0.3) is 0 Å². The van der Waals surface area contributed by atoms with Crippen molar-refractivity contribution in [1.82, 2.24) is 10.1 Å². The molecule has 0 spiro atoms. The van der Waals surface area contributed by atoms with Crippen molar-refractivity contribution in [3.8, 4) is 11.4 Å². The third-order valence-electron chi connectivity index (χ3n) is 2.31. The smallest absolute Gasteiger partial charge is 0.236 e. The van der Waals surface area contributed by atoms with Gasteiger partial charge in [-0.2, -0.15) is 16.3 Å². The fourth-order valence-electron chi connectivity index (χ4n) is 1.35. The van der Waals surface area contributed by atoms with E-state index in [1.807, 2.05) is 16.8 Å². The van der Waals surface area contributed by atoms with Gasteiger partial charge in [-0.3, -0.25) is 0 Å². The van der Waals surface area contributed by atoms with Crippen LogP contribution in [0.25, 0.3) is 11.4 Å².